The summed E-state index contributed by atoms with van der Waals surface area (Å²) in [7, 11) is 0. The standard InChI is InChI=1S/C19H27N3O3/c1-14(2)11-15(22-7-9-24-10-8-22)13-20-19(23)12-17-16-5-3-4-6-18(16)25-21-17/h3-6,14-15H,7-13H2,1-2H3,(H,20,23)/t15-/m1/s1. The minimum atomic E-state index is -0.0129. The van der Waals surface area contributed by atoms with Crippen LogP contribution in [0.3, 0.4) is 0 Å². The highest BCUT2D eigenvalue weighted by molar-refractivity contribution is 5.86. The second kappa shape index (κ2) is 8.45. The summed E-state index contributed by atoms with van der Waals surface area (Å²) in [6, 6.07) is 7.97. The van der Waals surface area contributed by atoms with Crippen molar-refractivity contribution in [1.29, 1.82) is 0 Å². The van der Waals surface area contributed by atoms with Gasteiger partial charge in [-0.3, -0.25) is 9.69 Å². The number of aromatic nitrogens is 1. The lowest BCUT2D eigenvalue weighted by Gasteiger charge is -2.35. The molecule has 1 saturated heterocycles. The van der Waals surface area contributed by atoms with Crippen molar-refractivity contribution in [2.45, 2.75) is 32.7 Å². The number of morpholine rings is 1. The summed E-state index contributed by atoms with van der Waals surface area (Å²) in [6.45, 7) is 8.50. The molecule has 6 nitrogen and oxygen atoms in total. The van der Waals surface area contributed by atoms with Gasteiger partial charge in [-0.15, -0.1) is 0 Å². The number of hydrogen-bond donors (Lipinski definition) is 1. The maximum atomic E-state index is 12.4. The van der Waals surface area contributed by atoms with E-state index in [1.807, 2.05) is 24.3 Å². The molecule has 1 aliphatic rings. The quantitative estimate of drug-likeness (QED) is 0.833. The highest BCUT2D eigenvalue weighted by atomic mass is 16.5. The van der Waals surface area contributed by atoms with Crippen LogP contribution in [0.15, 0.2) is 28.8 Å². The van der Waals surface area contributed by atoms with Gasteiger partial charge in [-0.25, -0.2) is 0 Å². The Balaban J connectivity index is 1.57. The summed E-state index contributed by atoms with van der Waals surface area (Å²) >= 11 is 0. The van der Waals surface area contributed by atoms with Crippen LogP contribution in [0.1, 0.15) is 26.0 Å². The van der Waals surface area contributed by atoms with E-state index in [4.69, 9.17) is 9.26 Å². The normalized spacial score (nSPS) is 17.1. The minimum absolute atomic E-state index is 0.0129. The fourth-order valence-corrected chi connectivity index (χ4v) is 3.36. The molecule has 1 fully saturated rings. The number of fused-ring (bicyclic) bond motifs is 1. The zero-order valence-corrected chi connectivity index (χ0v) is 15.0. The average molecular weight is 345 g/mol. The van der Waals surface area contributed by atoms with E-state index in [1.54, 1.807) is 0 Å². The summed E-state index contributed by atoms with van der Waals surface area (Å²) in [5.74, 6) is 0.574. The van der Waals surface area contributed by atoms with Crippen molar-refractivity contribution >= 4 is 16.9 Å². The molecule has 0 spiro atoms. The summed E-state index contributed by atoms with van der Waals surface area (Å²) in [5, 5.41) is 8.03. The van der Waals surface area contributed by atoms with Gasteiger partial charge in [0.25, 0.3) is 0 Å². The smallest absolute Gasteiger partial charge is 0.226 e. The van der Waals surface area contributed by atoms with Gasteiger partial charge < -0.3 is 14.6 Å². The number of benzene rings is 1. The van der Waals surface area contributed by atoms with E-state index in [0.717, 1.165) is 43.7 Å². The van der Waals surface area contributed by atoms with Crippen LogP contribution in [-0.4, -0.2) is 54.9 Å². The first-order valence-corrected chi connectivity index (χ1v) is 9.05. The number of nitrogens with one attached hydrogen (secondary N) is 1. The molecule has 2 heterocycles. The number of amides is 1. The average Bonchev–Trinajstić information content (AvgIpc) is 3.02. The molecule has 25 heavy (non-hydrogen) atoms. The topological polar surface area (TPSA) is 67.6 Å². The fraction of sp³-hybridized carbons (Fsp3) is 0.579. The Bertz CT molecular complexity index is 692. The Morgan fingerprint density at radius 3 is 2.80 bits per heavy atom. The molecule has 1 aromatic carbocycles. The summed E-state index contributed by atoms with van der Waals surface area (Å²) in [4.78, 5) is 14.8. The number of para-hydroxylation sites is 1. The Morgan fingerprint density at radius 1 is 1.28 bits per heavy atom. The zero-order valence-electron chi connectivity index (χ0n) is 15.0. The van der Waals surface area contributed by atoms with Crippen molar-refractivity contribution in [2.75, 3.05) is 32.8 Å². The third kappa shape index (κ3) is 4.80. The monoisotopic (exact) mass is 345 g/mol. The van der Waals surface area contributed by atoms with Gasteiger partial charge in [-0.2, -0.15) is 0 Å². The largest absolute Gasteiger partial charge is 0.379 e. The highest BCUT2D eigenvalue weighted by Gasteiger charge is 2.22. The lowest BCUT2D eigenvalue weighted by Crippen LogP contribution is -2.49. The lowest BCUT2D eigenvalue weighted by molar-refractivity contribution is -0.120. The molecule has 1 aliphatic heterocycles. The molecular weight excluding hydrogens is 318 g/mol. The Labute approximate surface area is 148 Å². The Hall–Kier alpha value is -1.92. The molecule has 1 aromatic heterocycles. The van der Waals surface area contributed by atoms with Gasteiger partial charge in [-0.05, 0) is 24.5 Å². The van der Waals surface area contributed by atoms with Crippen LogP contribution in [0.25, 0.3) is 11.0 Å². The van der Waals surface area contributed by atoms with Crippen LogP contribution < -0.4 is 5.32 Å². The molecule has 2 aromatic rings. The van der Waals surface area contributed by atoms with Gasteiger partial charge in [0.1, 0.15) is 5.69 Å². The van der Waals surface area contributed by atoms with Gasteiger partial charge in [0.15, 0.2) is 5.58 Å². The van der Waals surface area contributed by atoms with E-state index in [9.17, 15) is 4.79 Å². The molecule has 6 heteroatoms. The molecule has 0 unspecified atom stereocenters. The summed E-state index contributed by atoms with van der Waals surface area (Å²) < 4.78 is 10.7. The van der Waals surface area contributed by atoms with Crippen molar-refractivity contribution in [3.8, 4) is 0 Å². The second-order valence-electron chi connectivity index (χ2n) is 7.04. The Morgan fingerprint density at radius 2 is 2.04 bits per heavy atom. The molecule has 0 radical (unpaired) electrons. The van der Waals surface area contributed by atoms with Crippen LogP contribution in [0.4, 0.5) is 0 Å². The van der Waals surface area contributed by atoms with Crippen molar-refractivity contribution < 1.29 is 14.1 Å². The first-order valence-electron chi connectivity index (χ1n) is 9.05. The Kier molecular flexibility index (Phi) is 6.04. The number of carbonyl (C=O) groups excluding carboxylic acids is 1. The van der Waals surface area contributed by atoms with E-state index < -0.39 is 0 Å². The van der Waals surface area contributed by atoms with Crippen LogP contribution in [0.2, 0.25) is 0 Å². The molecule has 1 N–H and O–H groups in total. The van der Waals surface area contributed by atoms with Crippen LogP contribution >= 0.6 is 0 Å². The van der Waals surface area contributed by atoms with E-state index in [1.165, 1.54) is 0 Å². The number of hydrogen-bond acceptors (Lipinski definition) is 5. The molecule has 3 rings (SSSR count). The number of nitrogens with zero attached hydrogens (tertiary/aromatic N) is 2. The summed E-state index contributed by atoms with van der Waals surface area (Å²) in [5.41, 5.74) is 1.41. The van der Waals surface area contributed by atoms with E-state index >= 15 is 0 Å². The molecule has 136 valence electrons. The maximum absolute atomic E-state index is 12.4. The van der Waals surface area contributed by atoms with Crippen LogP contribution in [0.5, 0.6) is 0 Å². The van der Waals surface area contributed by atoms with Gasteiger partial charge in [0.05, 0.1) is 19.6 Å². The second-order valence-corrected chi connectivity index (χ2v) is 7.04. The van der Waals surface area contributed by atoms with E-state index in [-0.39, 0.29) is 12.3 Å². The molecular formula is C19H27N3O3. The molecule has 0 aliphatic carbocycles. The number of carbonyl (C=O) groups is 1. The number of ether oxygens (including phenoxy) is 1. The van der Waals surface area contributed by atoms with Crippen molar-refractivity contribution in [3.63, 3.8) is 0 Å². The maximum Gasteiger partial charge on any atom is 0.226 e. The van der Waals surface area contributed by atoms with Crippen LogP contribution in [0, 0.1) is 5.92 Å². The van der Waals surface area contributed by atoms with E-state index in [0.29, 0.717) is 24.2 Å². The van der Waals surface area contributed by atoms with Gasteiger partial charge in [0.2, 0.25) is 5.91 Å². The molecule has 0 saturated carbocycles. The van der Waals surface area contributed by atoms with Gasteiger partial charge in [-0.1, -0.05) is 31.1 Å². The van der Waals surface area contributed by atoms with Crippen molar-refractivity contribution in [2.24, 2.45) is 5.92 Å². The van der Waals surface area contributed by atoms with Crippen molar-refractivity contribution in [3.05, 3.63) is 30.0 Å². The van der Waals surface area contributed by atoms with Gasteiger partial charge in [0, 0.05) is 31.1 Å². The third-order valence-electron chi connectivity index (χ3n) is 4.62. The first kappa shape index (κ1) is 17.9. The van der Waals surface area contributed by atoms with E-state index in [2.05, 4.69) is 29.2 Å². The molecule has 1 amide bonds. The lowest BCUT2D eigenvalue weighted by atomic mass is 10.0. The predicted molar refractivity (Wildman–Crippen MR) is 96.4 cm³/mol. The minimum Gasteiger partial charge on any atom is -0.379 e. The highest BCUT2D eigenvalue weighted by Crippen LogP contribution is 2.18. The SMILES string of the molecule is CC(C)C[C@H](CNC(=O)Cc1noc2ccccc12)N1CCOCC1. The van der Waals surface area contributed by atoms with Gasteiger partial charge >= 0.3 is 0 Å². The third-order valence-corrected chi connectivity index (χ3v) is 4.62. The zero-order chi connectivity index (χ0) is 17.6. The predicted octanol–water partition coefficient (Wildman–Crippen LogP) is 2.23. The summed E-state index contributed by atoms with van der Waals surface area (Å²) in [6.07, 6.45) is 1.31. The molecule has 1 atom stereocenters. The molecule has 0 bridgehead atoms. The number of rotatable bonds is 7. The first-order chi connectivity index (χ1) is 12.1. The fourth-order valence-electron chi connectivity index (χ4n) is 3.36. The van der Waals surface area contributed by atoms with Crippen molar-refractivity contribution in [1.82, 2.24) is 15.4 Å². The van der Waals surface area contributed by atoms with Crippen LogP contribution in [-0.2, 0) is 16.0 Å².